The lowest BCUT2D eigenvalue weighted by molar-refractivity contribution is -0.698. The fraction of sp³-hybridized carbons (Fsp3) is 0.474. The minimum Gasteiger partial charge on any atom is -0.744 e. The molecule has 1 aliphatic rings. The third kappa shape index (κ3) is 6.75. The van der Waals surface area contributed by atoms with Gasteiger partial charge in [0.2, 0.25) is 5.69 Å². The highest BCUT2D eigenvalue weighted by Crippen LogP contribution is 2.27. The number of aryl methyl sites for hydroxylation is 1. The molecule has 2 heterocycles. The molecule has 0 unspecified atom stereocenters. The van der Waals surface area contributed by atoms with Gasteiger partial charge < -0.3 is 4.55 Å². The molecular formula is C19H26INO3S. The first kappa shape index (κ1) is 20.5. The summed E-state index contributed by atoms with van der Waals surface area (Å²) in [7, 11) is -4.33. The molecular weight excluding hydrogens is 449 g/mol. The van der Waals surface area contributed by atoms with E-state index in [2.05, 4.69) is 11.5 Å². The summed E-state index contributed by atoms with van der Waals surface area (Å²) in [6.45, 7) is 3.15. The smallest absolute Gasteiger partial charge is 0.218 e. The van der Waals surface area contributed by atoms with Gasteiger partial charge in [-0.1, -0.05) is 65.8 Å². The number of hydrogen-bond acceptors (Lipinski definition) is 3. The fourth-order valence-electron chi connectivity index (χ4n) is 2.76. The van der Waals surface area contributed by atoms with Gasteiger partial charge in [-0.3, -0.25) is 0 Å². The van der Waals surface area contributed by atoms with E-state index in [1.807, 2.05) is 30.5 Å². The monoisotopic (exact) mass is 475 g/mol. The van der Waals surface area contributed by atoms with Crippen LogP contribution in [0.1, 0.15) is 57.6 Å². The molecule has 0 amide bonds. The number of nitrogens with zero attached hydrogens (tertiary/aromatic N) is 1. The number of pyridine rings is 1. The van der Waals surface area contributed by atoms with Gasteiger partial charge in [0.25, 0.3) is 0 Å². The SMILES string of the molecule is CCCCCCCCC[n+]1ccccc1C1=IC(S(=O)(=O)[O-])=CC=C1. The molecule has 0 saturated carbocycles. The number of aromatic nitrogens is 1. The standard InChI is InChI=1S/C19H26INO3S/c1-2-3-4-5-6-7-9-15-21-16-10-8-13-18(21)17-12-11-14-19(20-17)25(22,23)24/h8,10-14,16H,2-7,9,15H2,1H3. The van der Waals surface area contributed by atoms with Crippen LogP contribution in [0.25, 0.3) is 0 Å². The summed E-state index contributed by atoms with van der Waals surface area (Å²) in [4.78, 5) is 0. The van der Waals surface area contributed by atoms with Crippen molar-refractivity contribution < 1.29 is 17.5 Å². The van der Waals surface area contributed by atoms with Crippen LogP contribution < -0.4 is 4.57 Å². The molecule has 6 heteroatoms. The summed E-state index contributed by atoms with van der Waals surface area (Å²) < 4.78 is 37.2. The van der Waals surface area contributed by atoms with Crippen molar-refractivity contribution in [3.05, 3.63) is 51.2 Å². The zero-order valence-electron chi connectivity index (χ0n) is 14.7. The first-order valence-corrected chi connectivity index (χ1v) is 12.4. The molecule has 25 heavy (non-hydrogen) atoms. The lowest BCUT2D eigenvalue weighted by Crippen LogP contribution is -2.39. The molecule has 0 aliphatic carbocycles. The lowest BCUT2D eigenvalue weighted by Gasteiger charge is -2.11. The molecule has 0 radical (unpaired) electrons. The Labute approximate surface area is 161 Å². The van der Waals surface area contributed by atoms with Crippen molar-refractivity contribution in [2.45, 2.75) is 58.4 Å². The molecule has 0 saturated heterocycles. The molecule has 0 aromatic carbocycles. The molecule has 0 spiro atoms. The maximum Gasteiger partial charge on any atom is 0.218 e. The van der Waals surface area contributed by atoms with E-state index in [9.17, 15) is 13.0 Å². The third-order valence-electron chi connectivity index (χ3n) is 4.09. The molecule has 0 fully saturated rings. The predicted molar refractivity (Wildman–Crippen MR) is 110 cm³/mol. The maximum atomic E-state index is 11.3. The topological polar surface area (TPSA) is 61.1 Å². The van der Waals surface area contributed by atoms with Crippen LogP contribution in [0.5, 0.6) is 0 Å². The zero-order chi connectivity index (χ0) is 18.1. The molecule has 1 aromatic heterocycles. The Morgan fingerprint density at radius 1 is 1.08 bits per heavy atom. The summed E-state index contributed by atoms with van der Waals surface area (Å²) in [5, 5.41) is 0. The molecule has 0 N–H and O–H groups in total. The number of unbranched alkanes of at least 4 members (excludes halogenated alkanes) is 6. The van der Waals surface area contributed by atoms with Crippen LogP contribution in [-0.4, -0.2) is 16.5 Å². The molecule has 1 aromatic rings. The Bertz CT molecular complexity index is 767. The summed E-state index contributed by atoms with van der Waals surface area (Å²) in [6, 6.07) is 5.98. The minimum atomic E-state index is -4.33. The number of rotatable bonds is 10. The molecule has 4 nitrogen and oxygen atoms in total. The summed E-state index contributed by atoms with van der Waals surface area (Å²) in [5.74, 6) is 0. The molecule has 1 aliphatic heterocycles. The van der Waals surface area contributed by atoms with Crippen molar-refractivity contribution in [3.63, 3.8) is 0 Å². The average molecular weight is 475 g/mol. The van der Waals surface area contributed by atoms with Gasteiger partial charge in [0, 0.05) is 18.6 Å². The van der Waals surface area contributed by atoms with Gasteiger partial charge in [-0.2, -0.15) is 4.57 Å². The van der Waals surface area contributed by atoms with Crippen molar-refractivity contribution in [2.24, 2.45) is 0 Å². The van der Waals surface area contributed by atoms with Crippen molar-refractivity contribution in [1.29, 1.82) is 0 Å². The summed E-state index contributed by atoms with van der Waals surface area (Å²) in [6.07, 6.45) is 15.9. The van der Waals surface area contributed by atoms with E-state index in [1.54, 1.807) is 6.08 Å². The quantitative estimate of drug-likeness (QED) is 0.221. The summed E-state index contributed by atoms with van der Waals surface area (Å²) in [5.41, 5.74) is 1.03. The van der Waals surface area contributed by atoms with E-state index in [-0.39, 0.29) is 2.91 Å². The van der Waals surface area contributed by atoms with Crippen molar-refractivity contribution >= 4 is 34.4 Å². The normalized spacial score (nSPS) is 14.6. The first-order valence-electron chi connectivity index (χ1n) is 8.87. The number of hydrogen-bond donors (Lipinski definition) is 0. The van der Waals surface area contributed by atoms with E-state index < -0.39 is 30.8 Å². The van der Waals surface area contributed by atoms with Gasteiger partial charge in [0.1, 0.15) is 16.7 Å². The van der Waals surface area contributed by atoms with Crippen LogP contribution in [0.15, 0.2) is 45.5 Å². The van der Waals surface area contributed by atoms with Crippen LogP contribution >= 0.6 is 20.7 Å². The second-order valence-corrected chi connectivity index (χ2v) is 11.1. The van der Waals surface area contributed by atoms with E-state index >= 15 is 0 Å². The van der Waals surface area contributed by atoms with Gasteiger partial charge in [-0.05, 0) is 24.6 Å². The van der Waals surface area contributed by atoms with E-state index in [1.165, 1.54) is 44.6 Å². The third-order valence-corrected chi connectivity index (χ3v) is 9.23. The fourth-order valence-corrected chi connectivity index (χ4v) is 6.58. The van der Waals surface area contributed by atoms with Crippen LogP contribution in [0, 0.1) is 0 Å². The predicted octanol–water partition coefficient (Wildman–Crippen LogP) is 4.17. The highest BCUT2D eigenvalue weighted by molar-refractivity contribution is 14.2. The van der Waals surface area contributed by atoms with E-state index in [4.69, 9.17) is 0 Å². The second-order valence-electron chi connectivity index (χ2n) is 6.13. The van der Waals surface area contributed by atoms with Gasteiger partial charge in [0.15, 0.2) is 6.20 Å². The van der Waals surface area contributed by atoms with Gasteiger partial charge in [-0.25, -0.2) is 8.42 Å². The van der Waals surface area contributed by atoms with Crippen molar-refractivity contribution in [3.8, 4) is 0 Å². The maximum absolute atomic E-state index is 11.3. The van der Waals surface area contributed by atoms with Crippen molar-refractivity contribution in [2.75, 3.05) is 0 Å². The molecule has 2 rings (SSSR count). The van der Waals surface area contributed by atoms with Gasteiger partial charge >= 0.3 is 0 Å². The lowest BCUT2D eigenvalue weighted by atomic mass is 10.1. The van der Waals surface area contributed by atoms with Crippen LogP contribution in [-0.2, 0) is 16.7 Å². The number of halogens is 1. The Morgan fingerprint density at radius 2 is 1.80 bits per heavy atom. The molecule has 0 atom stereocenters. The molecule has 138 valence electrons. The summed E-state index contributed by atoms with van der Waals surface area (Å²) >= 11 is -0.963. The Kier molecular flexibility index (Phi) is 8.45. The van der Waals surface area contributed by atoms with Gasteiger partial charge in [-0.15, -0.1) is 0 Å². The van der Waals surface area contributed by atoms with E-state index in [0.717, 1.165) is 22.2 Å². The largest absolute Gasteiger partial charge is 0.744 e. The van der Waals surface area contributed by atoms with Crippen LogP contribution in [0.3, 0.4) is 0 Å². The van der Waals surface area contributed by atoms with Crippen molar-refractivity contribution in [1.82, 2.24) is 0 Å². The van der Waals surface area contributed by atoms with E-state index in [0.29, 0.717) is 0 Å². The number of allylic oxidation sites excluding steroid dienone is 3. The Hall–Kier alpha value is -0.860. The Balaban J connectivity index is 2.00. The second kappa shape index (κ2) is 10.3. The minimum absolute atomic E-state index is 0.0510. The van der Waals surface area contributed by atoms with Crippen LogP contribution in [0.4, 0.5) is 0 Å². The first-order chi connectivity index (χ1) is 12.0. The van der Waals surface area contributed by atoms with Gasteiger partial charge in [0.05, 0.1) is 6.42 Å². The highest BCUT2D eigenvalue weighted by Gasteiger charge is 2.17. The Morgan fingerprint density at radius 3 is 2.52 bits per heavy atom. The highest BCUT2D eigenvalue weighted by atomic mass is 127. The molecule has 0 bridgehead atoms. The average Bonchev–Trinajstić information content (AvgIpc) is 2.61. The van der Waals surface area contributed by atoms with Crippen LogP contribution in [0.2, 0.25) is 0 Å². The zero-order valence-corrected chi connectivity index (χ0v) is 17.6.